The van der Waals surface area contributed by atoms with Crippen molar-refractivity contribution < 1.29 is 9.59 Å². The molecular weight excluding hydrogens is 528 g/mol. The molecule has 0 bridgehead atoms. The van der Waals surface area contributed by atoms with Gasteiger partial charge in [-0.05, 0) is 25.2 Å². The highest BCUT2D eigenvalue weighted by Gasteiger charge is 2.21. The molecule has 0 spiro atoms. The molecule has 1 unspecified atom stereocenters. The molecule has 0 saturated carbocycles. The smallest absolute Gasteiger partial charge is 0.242 e. The van der Waals surface area contributed by atoms with Crippen LogP contribution in [0.5, 0.6) is 0 Å². The van der Waals surface area contributed by atoms with Gasteiger partial charge >= 0.3 is 0 Å². The number of rotatable bonds is 34. The zero-order valence-electron chi connectivity index (χ0n) is 29.9. The number of carbonyl (C=O) groups is 2. The zero-order valence-corrected chi connectivity index (χ0v) is 29.9. The van der Waals surface area contributed by atoms with Gasteiger partial charge in [-0.2, -0.15) is 0 Å². The molecule has 0 aromatic rings. The Morgan fingerprint density at radius 2 is 0.791 bits per heavy atom. The van der Waals surface area contributed by atoms with E-state index in [2.05, 4.69) is 38.3 Å². The Hall–Kier alpha value is -1.06. The summed E-state index contributed by atoms with van der Waals surface area (Å²) in [6.45, 7) is 9.50. The first-order valence-electron chi connectivity index (χ1n) is 19.6. The van der Waals surface area contributed by atoms with Crippen molar-refractivity contribution >= 4 is 11.8 Å². The molecule has 256 valence electrons. The fraction of sp³-hybridized carbons (Fsp3) is 0.949. The molecule has 1 atom stereocenters. The molecular formula is C39H78N2O2. The van der Waals surface area contributed by atoms with Crippen molar-refractivity contribution in [3.05, 3.63) is 0 Å². The standard InChI is InChI=1S/C39H78N2O2/c1-5-7-9-11-13-15-16-17-18-19-20-21-22-23-24-25-27-29-31-33-38(42)41-37(35-36(3)4)39(43)40-34-32-30-28-26-14-12-10-8-6-2/h36-37H,5-35H2,1-4H3,(H,40,43)(H,41,42). The van der Waals surface area contributed by atoms with Gasteiger partial charge in [-0.15, -0.1) is 0 Å². The summed E-state index contributed by atoms with van der Waals surface area (Å²) in [6, 6.07) is -0.397. The molecule has 0 radical (unpaired) electrons. The van der Waals surface area contributed by atoms with Crippen molar-refractivity contribution in [3.63, 3.8) is 0 Å². The second kappa shape index (κ2) is 33.8. The number of hydrogen-bond acceptors (Lipinski definition) is 2. The van der Waals surface area contributed by atoms with Gasteiger partial charge in [0.25, 0.3) is 0 Å². The molecule has 0 saturated heterocycles. The highest BCUT2D eigenvalue weighted by atomic mass is 16.2. The van der Waals surface area contributed by atoms with Crippen LogP contribution in [0.2, 0.25) is 0 Å². The first-order chi connectivity index (χ1) is 21.0. The molecule has 0 aliphatic heterocycles. The van der Waals surface area contributed by atoms with Crippen molar-refractivity contribution in [1.82, 2.24) is 10.6 Å². The number of nitrogens with one attached hydrogen (secondary N) is 2. The van der Waals surface area contributed by atoms with Crippen molar-refractivity contribution in [1.29, 1.82) is 0 Å². The van der Waals surface area contributed by atoms with Crippen LogP contribution in [0.4, 0.5) is 0 Å². The third kappa shape index (κ3) is 32.2. The van der Waals surface area contributed by atoms with Crippen LogP contribution in [-0.4, -0.2) is 24.4 Å². The van der Waals surface area contributed by atoms with E-state index in [4.69, 9.17) is 0 Å². The third-order valence-corrected chi connectivity index (χ3v) is 8.95. The average Bonchev–Trinajstić information content (AvgIpc) is 2.98. The quantitative estimate of drug-likeness (QED) is 0.0716. The Morgan fingerprint density at radius 1 is 0.465 bits per heavy atom. The molecule has 0 aliphatic rings. The molecule has 2 amide bonds. The van der Waals surface area contributed by atoms with Gasteiger partial charge in [0.05, 0.1) is 0 Å². The van der Waals surface area contributed by atoms with Gasteiger partial charge in [0.1, 0.15) is 6.04 Å². The molecule has 0 aliphatic carbocycles. The van der Waals surface area contributed by atoms with E-state index in [0.29, 0.717) is 18.8 Å². The Bertz CT molecular complexity index is 592. The summed E-state index contributed by atoms with van der Waals surface area (Å²) in [5.41, 5.74) is 0. The second-order valence-electron chi connectivity index (χ2n) is 14.0. The van der Waals surface area contributed by atoms with Crippen molar-refractivity contribution in [2.45, 2.75) is 226 Å². The summed E-state index contributed by atoms with van der Waals surface area (Å²) in [5.74, 6) is 0.407. The monoisotopic (exact) mass is 607 g/mol. The van der Waals surface area contributed by atoms with E-state index in [1.165, 1.54) is 161 Å². The van der Waals surface area contributed by atoms with E-state index in [9.17, 15) is 9.59 Å². The maximum Gasteiger partial charge on any atom is 0.242 e. The van der Waals surface area contributed by atoms with Crippen LogP contribution in [-0.2, 0) is 9.59 Å². The number of amides is 2. The predicted octanol–water partition coefficient (Wildman–Crippen LogP) is 12.0. The lowest BCUT2D eigenvalue weighted by Gasteiger charge is -2.20. The predicted molar refractivity (Wildman–Crippen MR) is 190 cm³/mol. The topological polar surface area (TPSA) is 58.2 Å². The number of unbranched alkanes of at least 4 members (excludes halogenated alkanes) is 26. The maximum atomic E-state index is 12.8. The minimum Gasteiger partial charge on any atom is -0.354 e. The van der Waals surface area contributed by atoms with Crippen LogP contribution in [0.15, 0.2) is 0 Å². The summed E-state index contributed by atoms with van der Waals surface area (Å²) in [6.07, 6.45) is 38.5. The highest BCUT2D eigenvalue weighted by Crippen LogP contribution is 2.15. The molecule has 0 heterocycles. The summed E-state index contributed by atoms with van der Waals surface area (Å²) < 4.78 is 0. The van der Waals surface area contributed by atoms with Gasteiger partial charge in [0.2, 0.25) is 11.8 Å². The molecule has 0 fully saturated rings. The molecule has 0 rings (SSSR count). The van der Waals surface area contributed by atoms with Crippen LogP contribution < -0.4 is 10.6 Å². The van der Waals surface area contributed by atoms with Gasteiger partial charge in [0, 0.05) is 13.0 Å². The van der Waals surface area contributed by atoms with Crippen molar-refractivity contribution in [2.24, 2.45) is 5.92 Å². The lowest BCUT2D eigenvalue weighted by Crippen LogP contribution is -2.47. The fourth-order valence-electron chi connectivity index (χ4n) is 6.10. The first-order valence-corrected chi connectivity index (χ1v) is 19.6. The largest absolute Gasteiger partial charge is 0.354 e. The number of hydrogen-bond donors (Lipinski definition) is 2. The zero-order chi connectivity index (χ0) is 31.6. The maximum absolute atomic E-state index is 12.8. The second-order valence-corrected chi connectivity index (χ2v) is 14.0. The van der Waals surface area contributed by atoms with Crippen LogP contribution in [0.1, 0.15) is 220 Å². The Balaban J connectivity index is 3.68. The van der Waals surface area contributed by atoms with E-state index >= 15 is 0 Å². The van der Waals surface area contributed by atoms with E-state index in [1.54, 1.807) is 0 Å². The van der Waals surface area contributed by atoms with Crippen LogP contribution in [0, 0.1) is 5.92 Å². The fourth-order valence-corrected chi connectivity index (χ4v) is 6.10. The Kier molecular flexibility index (Phi) is 33.0. The van der Waals surface area contributed by atoms with E-state index < -0.39 is 6.04 Å². The average molecular weight is 607 g/mol. The minimum atomic E-state index is -0.397. The highest BCUT2D eigenvalue weighted by molar-refractivity contribution is 5.87. The molecule has 0 aromatic carbocycles. The van der Waals surface area contributed by atoms with Gasteiger partial charge < -0.3 is 10.6 Å². The lowest BCUT2D eigenvalue weighted by atomic mass is 10.0. The summed E-state index contributed by atoms with van der Waals surface area (Å²) in [4.78, 5) is 25.3. The van der Waals surface area contributed by atoms with Crippen molar-refractivity contribution in [3.8, 4) is 0 Å². The third-order valence-electron chi connectivity index (χ3n) is 8.95. The molecule has 43 heavy (non-hydrogen) atoms. The molecule has 0 aromatic heterocycles. The van der Waals surface area contributed by atoms with Gasteiger partial charge in [0.15, 0.2) is 0 Å². The van der Waals surface area contributed by atoms with E-state index in [1.807, 2.05) is 0 Å². The first kappa shape index (κ1) is 41.9. The lowest BCUT2D eigenvalue weighted by molar-refractivity contribution is -0.129. The van der Waals surface area contributed by atoms with E-state index in [-0.39, 0.29) is 11.8 Å². The van der Waals surface area contributed by atoms with Crippen LogP contribution >= 0.6 is 0 Å². The Labute approximate surface area is 270 Å². The van der Waals surface area contributed by atoms with Crippen LogP contribution in [0.3, 0.4) is 0 Å². The van der Waals surface area contributed by atoms with Gasteiger partial charge in [-0.1, -0.05) is 195 Å². The normalized spacial score (nSPS) is 12.1. The van der Waals surface area contributed by atoms with Crippen molar-refractivity contribution in [2.75, 3.05) is 6.54 Å². The Morgan fingerprint density at radius 3 is 1.14 bits per heavy atom. The SMILES string of the molecule is CCCCCCCCCCCCCCCCCCCCCC(=O)NC(CC(C)C)C(=O)NCCCCCCCCCCC. The molecule has 2 N–H and O–H groups in total. The summed E-state index contributed by atoms with van der Waals surface area (Å²) in [5, 5.41) is 6.13. The van der Waals surface area contributed by atoms with Gasteiger partial charge in [-0.3, -0.25) is 9.59 Å². The van der Waals surface area contributed by atoms with Crippen LogP contribution in [0.25, 0.3) is 0 Å². The molecule has 4 heteroatoms. The van der Waals surface area contributed by atoms with E-state index in [0.717, 1.165) is 25.8 Å². The molecule has 4 nitrogen and oxygen atoms in total. The summed E-state index contributed by atoms with van der Waals surface area (Å²) in [7, 11) is 0. The van der Waals surface area contributed by atoms with Gasteiger partial charge in [-0.25, -0.2) is 0 Å². The summed E-state index contributed by atoms with van der Waals surface area (Å²) >= 11 is 0. The number of carbonyl (C=O) groups excluding carboxylic acids is 2. The minimum absolute atomic E-state index is 0.00483.